The van der Waals surface area contributed by atoms with Crippen LogP contribution >= 0.6 is 0 Å². The molecule has 23 heavy (non-hydrogen) atoms. The number of anilines is 1. The highest BCUT2D eigenvalue weighted by atomic mass is 16.3. The summed E-state index contributed by atoms with van der Waals surface area (Å²) >= 11 is 0. The first kappa shape index (κ1) is 16.8. The molecule has 2 rings (SSSR count). The van der Waals surface area contributed by atoms with Crippen LogP contribution in [0.3, 0.4) is 0 Å². The first-order valence-electron chi connectivity index (χ1n) is 7.61. The zero-order valence-electron chi connectivity index (χ0n) is 13.9. The molecule has 122 valence electrons. The molecule has 0 bridgehead atoms. The number of carbonyl (C=O) groups excluding carboxylic acids is 2. The van der Waals surface area contributed by atoms with Crippen molar-refractivity contribution in [3.63, 3.8) is 0 Å². The van der Waals surface area contributed by atoms with E-state index in [1.165, 1.54) is 0 Å². The second-order valence-electron chi connectivity index (χ2n) is 6.36. The molecule has 1 aromatic carbocycles. The molecule has 0 atom stereocenters. The fourth-order valence-electron chi connectivity index (χ4n) is 2.00. The molecule has 0 aliphatic carbocycles. The summed E-state index contributed by atoms with van der Waals surface area (Å²) in [4.78, 5) is 24.1. The number of nitrogens with one attached hydrogen (secondary N) is 2. The fraction of sp³-hybridized carbons (Fsp3) is 0.333. The molecular weight excluding hydrogens is 292 g/mol. The van der Waals surface area contributed by atoms with E-state index in [0.29, 0.717) is 11.3 Å². The minimum atomic E-state index is -0.309. The highest BCUT2D eigenvalue weighted by Gasteiger charge is 2.15. The van der Waals surface area contributed by atoms with Gasteiger partial charge in [-0.15, -0.1) is 0 Å². The lowest BCUT2D eigenvalue weighted by molar-refractivity contribution is 0.0919. The summed E-state index contributed by atoms with van der Waals surface area (Å²) in [5.74, 6) is 0.589. The van der Waals surface area contributed by atoms with Crippen LogP contribution in [0.2, 0.25) is 0 Å². The summed E-state index contributed by atoms with van der Waals surface area (Å²) in [7, 11) is 0. The molecule has 0 aliphatic rings. The molecule has 0 aliphatic heterocycles. The summed E-state index contributed by atoms with van der Waals surface area (Å²) in [6, 6.07) is 10.2. The molecule has 0 spiro atoms. The van der Waals surface area contributed by atoms with Gasteiger partial charge < -0.3 is 15.1 Å². The Morgan fingerprint density at radius 3 is 2.17 bits per heavy atom. The lowest BCUT2D eigenvalue weighted by Gasteiger charge is -2.20. The van der Waals surface area contributed by atoms with Gasteiger partial charge in [0.25, 0.3) is 11.8 Å². The van der Waals surface area contributed by atoms with Crippen molar-refractivity contribution in [2.24, 2.45) is 0 Å². The Kier molecular flexibility index (Phi) is 4.89. The maximum absolute atomic E-state index is 12.1. The Labute approximate surface area is 136 Å². The van der Waals surface area contributed by atoms with Gasteiger partial charge in [0, 0.05) is 23.2 Å². The highest BCUT2D eigenvalue weighted by molar-refractivity contribution is 6.02. The van der Waals surface area contributed by atoms with Crippen LogP contribution in [-0.2, 0) is 6.42 Å². The maximum atomic E-state index is 12.1. The van der Waals surface area contributed by atoms with Gasteiger partial charge in [0.1, 0.15) is 5.76 Å². The van der Waals surface area contributed by atoms with Crippen LogP contribution in [0.15, 0.2) is 40.8 Å². The lowest BCUT2D eigenvalue weighted by Crippen LogP contribution is -2.40. The maximum Gasteiger partial charge on any atom is 0.291 e. The van der Waals surface area contributed by atoms with E-state index in [9.17, 15) is 9.59 Å². The van der Waals surface area contributed by atoms with E-state index >= 15 is 0 Å². The van der Waals surface area contributed by atoms with Gasteiger partial charge in [0.2, 0.25) is 0 Å². The van der Waals surface area contributed by atoms with E-state index in [2.05, 4.69) is 10.6 Å². The Balaban J connectivity index is 2.02. The molecule has 0 unspecified atom stereocenters. The van der Waals surface area contributed by atoms with E-state index in [4.69, 9.17) is 4.42 Å². The Bertz CT molecular complexity index is 694. The normalized spacial score (nSPS) is 11.1. The molecule has 2 N–H and O–H groups in total. The molecule has 0 saturated carbocycles. The van der Waals surface area contributed by atoms with Crippen LogP contribution in [0.1, 0.15) is 54.4 Å². The van der Waals surface area contributed by atoms with Crippen molar-refractivity contribution in [1.82, 2.24) is 5.32 Å². The van der Waals surface area contributed by atoms with Crippen molar-refractivity contribution in [2.75, 3.05) is 5.32 Å². The monoisotopic (exact) mass is 314 g/mol. The molecule has 2 aromatic rings. The second-order valence-corrected chi connectivity index (χ2v) is 6.36. The Morgan fingerprint density at radius 1 is 1.00 bits per heavy atom. The predicted molar refractivity (Wildman–Crippen MR) is 89.7 cm³/mol. The van der Waals surface area contributed by atoms with E-state index in [0.717, 1.165) is 12.2 Å². The van der Waals surface area contributed by atoms with Gasteiger partial charge >= 0.3 is 0 Å². The fourth-order valence-corrected chi connectivity index (χ4v) is 2.00. The minimum absolute atomic E-state index is 0.144. The third-order valence-corrected chi connectivity index (χ3v) is 3.13. The topological polar surface area (TPSA) is 71.3 Å². The highest BCUT2D eigenvalue weighted by Crippen LogP contribution is 2.14. The third kappa shape index (κ3) is 4.71. The van der Waals surface area contributed by atoms with Crippen LogP contribution in [0.25, 0.3) is 0 Å². The van der Waals surface area contributed by atoms with E-state index in [1.807, 2.05) is 27.7 Å². The number of amides is 2. The number of rotatable bonds is 4. The van der Waals surface area contributed by atoms with Gasteiger partial charge in [-0.25, -0.2) is 0 Å². The SMILES string of the molecule is CCc1ccc(C(=O)Nc2ccc(C(=O)NC(C)(C)C)cc2)o1. The summed E-state index contributed by atoms with van der Waals surface area (Å²) in [5, 5.41) is 5.64. The molecule has 0 saturated heterocycles. The van der Waals surface area contributed by atoms with E-state index < -0.39 is 0 Å². The van der Waals surface area contributed by atoms with Gasteiger partial charge in [-0.3, -0.25) is 9.59 Å². The van der Waals surface area contributed by atoms with Crippen molar-refractivity contribution in [2.45, 2.75) is 39.7 Å². The Hall–Kier alpha value is -2.56. The number of benzene rings is 1. The summed E-state index contributed by atoms with van der Waals surface area (Å²) in [6.45, 7) is 7.73. The van der Waals surface area contributed by atoms with Gasteiger partial charge in [-0.05, 0) is 57.2 Å². The third-order valence-electron chi connectivity index (χ3n) is 3.13. The van der Waals surface area contributed by atoms with Crippen LogP contribution in [0.5, 0.6) is 0 Å². The largest absolute Gasteiger partial charge is 0.456 e. The van der Waals surface area contributed by atoms with Gasteiger partial charge in [-0.1, -0.05) is 6.92 Å². The van der Waals surface area contributed by atoms with Gasteiger partial charge in [0.15, 0.2) is 5.76 Å². The lowest BCUT2D eigenvalue weighted by atomic mass is 10.1. The minimum Gasteiger partial charge on any atom is -0.456 e. The van der Waals surface area contributed by atoms with Crippen LogP contribution in [-0.4, -0.2) is 17.4 Å². The number of hydrogen-bond acceptors (Lipinski definition) is 3. The predicted octanol–water partition coefficient (Wildman–Crippen LogP) is 3.62. The van der Waals surface area contributed by atoms with Crippen LogP contribution in [0, 0.1) is 0 Å². The standard InChI is InChI=1S/C18H22N2O3/c1-5-14-10-11-15(23-14)17(22)19-13-8-6-12(7-9-13)16(21)20-18(2,3)4/h6-11H,5H2,1-4H3,(H,19,22)(H,20,21). The molecule has 2 amide bonds. The van der Waals surface area contributed by atoms with Crippen molar-refractivity contribution in [3.8, 4) is 0 Å². The van der Waals surface area contributed by atoms with Crippen molar-refractivity contribution >= 4 is 17.5 Å². The molecule has 1 heterocycles. The first-order valence-corrected chi connectivity index (χ1v) is 7.61. The van der Waals surface area contributed by atoms with E-state index in [1.54, 1.807) is 36.4 Å². The molecule has 5 nitrogen and oxygen atoms in total. The summed E-state index contributed by atoms with van der Waals surface area (Å²) in [6.07, 6.45) is 0.741. The average molecular weight is 314 g/mol. The molecule has 0 fully saturated rings. The van der Waals surface area contributed by atoms with Crippen molar-refractivity contribution in [3.05, 3.63) is 53.5 Å². The zero-order chi connectivity index (χ0) is 17.0. The number of furan rings is 1. The van der Waals surface area contributed by atoms with Crippen molar-refractivity contribution in [1.29, 1.82) is 0 Å². The van der Waals surface area contributed by atoms with Crippen LogP contribution < -0.4 is 10.6 Å². The summed E-state index contributed by atoms with van der Waals surface area (Å²) in [5.41, 5.74) is 0.862. The van der Waals surface area contributed by atoms with Crippen molar-refractivity contribution < 1.29 is 14.0 Å². The van der Waals surface area contributed by atoms with E-state index in [-0.39, 0.29) is 23.1 Å². The zero-order valence-corrected chi connectivity index (χ0v) is 13.9. The first-order chi connectivity index (χ1) is 10.8. The van der Waals surface area contributed by atoms with Crippen LogP contribution in [0.4, 0.5) is 5.69 Å². The van der Waals surface area contributed by atoms with Gasteiger partial charge in [-0.2, -0.15) is 0 Å². The van der Waals surface area contributed by atoms with Gasteiger partial charge in [0.05, 0.1) is 0 Å². The quantitative estimate of drug-likeness (QED) is 0.905. The summed E-state index contributed by atoms with van der Waals surface area (Å²) < 4.78 is 5.41. The second kappa shape index (κ2) is 6.69. The number of carbonyl (C=O) groups is 2. The molecule has 0 radical (unpaired) electrons. The molecular formula is C18H22N2O3. The smallest absolute Gasteiger partial charge is 0.291 e. The molecule has 5 heteroatoms. The number of aryl methyl sites for hydroxylation is 1. The Morgan fingerprint density at radius 2 is 1.65 bits per heavy atom. The molecule has 1 aromatic heterocycles. The average Bonchev–Trinajstić information content (AvgIpc) is 2.95. The number of hydrogen-bond donors (Lipinski definition) is 2.